The first-order chi connectivity index (χ1) is 6.61. The van der Waals surface area contributed by atoms with Crippen LogP contribution in [0.15, 0.2) is 54.3 Å². The van der Waals surface area contributed by atoms with Crippen molar-refractivity contribution in [2.45, 2.75) is 13.8 Å². The van der Waals surface area contributed by atoms with E-state index >= 15 is 0 Å². The average Bonchev–Trinajstić information content (AvgIpc) is 2.17. The number of nitrogens with zero attached hydrogens (tertiary/aromatic N) is 1. The van der Waals surface area contributed by atoms with Crippen molar-refractivity contribution >= 4 is 5.69 Å². The molecule has 1 aromatic carbocycles. The summed E-state index contributed by atoms with van der Waals surface area (Å²) in [6.07, 6.45) is 1.95. The molecule has 0 aromatic heterocycles. The van der Waals surface area contributed by atoms with Gasteiger partial charge in [0.05, 0.1) is 5.69 Å². The molecule has 0 unspecified atom stereocenters. The maximum atomic E-state index is 5.91. The number of allylic oxidation sites excluding steroid dienone is 3. The van der Waals surface area contributed by atoms with Crippen molar-refractivity contribution in [3.8, 4) is 0 Å². The first-order valence-electron chi connectivity index (χ1n) is 4.55. The Hall–Kier alpha value is -1.54. The maximum absolute atomic E-state index is 5.91. The fourth-order valence-corrected chi connectivity index (χ4v) is 1.22. The first kappa shape index (κ1) is 10.5. The van der Waals surface area contributed by atoms with E-state index < -0.39 is 0 Å². The lowest BCUT2D eigenvalue weighted by Gasteiger charge is -2.19. The highest BCUT2D eigenvalue weighted by molar-refractivity contribution is 5.50. The summed E-state index contributed by atoms with van der Waals surface area (Å²) in [7, 11) is 0. The van der Waals surface area contributed by atoms with Crippen molar-refractivity contribution in [3.05, 3.63) is 54.3 Å². The third-order valence-electron chi connectivity index (χ3n) is 1.87. The summed E-state index contributed by atoms with van der Waals surface area (Å²) >= 11 is 0. The molecule has 1 aromatic rings. The van der Waals surface area contributed by atoms with Crippen molar-refractivity contribution in [1.29, 1.82) is 0 Å². The number of hydrogen-bond donors (Lipinski definition) is 1. The van der Waals surface area contributed by atoms with Crippen LogP contribution in [0.3, 0.4) is 0 Å². The molecule has 0 fully saturated rings. The zero-order valence-corrected chi connectivity index (χ0v) is 8.70. The van der Waals surface area contributed by atoms with Crippen LogP contribution in [0.1, 0.15) is 13.8 Å². The van der Waals surface area contributed by atoms with Crippen molar-refractivity contribution in [2.24, 2.45) is 5.84 Å². The van der Waals surface area contributed by atoms with Crippen LogP contribution >= 0.6 is 0 Å². The van der Waals surface area contributed by atoms with Gasteiger partial charge in [-0.2, -0.15) is 0 Å². The van der Waals surface area contributed by atoms with Gasteiger partial charge in [-0.15, -0.1) is 0 Å². The third-order valence-corrected chi connectivity index (χ3v) is 1.87. The smallest absolute Gasteiger partial charge is 0.0571 e. The molecular formula is C12H16N2. The van der Waals surface area contributed by atoms with Gasteiger partial charge in [-0.3, -0.25) is 5.01 Å². The molecule has 0 aliphatic heterocycles. The Kier molecular flexibility index (Phi) is 3.48. The molecule has 0 spiro atoms. The largest absolute Gasteiger partial charge is 0.284 e. The van der Waals surface area contributed by atoms with Crippen LogP contribution < -0.4 is 10.9 Å². The third kappa shape index (κ3) is 2.75. The van der Waals surface area contributed by atoms with E-state index in [4.69, 9.17) is 5.84 Å². The summed E-state index contributed by atoms with van der Waals surface area (Å²) in [5.41, 5.74) is 2.94. The number of rotatable bonds is 3. The Morgan fingerprint density at radius 2 is 1.86 bits per heavy atom. The summed E-state index contributed by atoms with van der Waals surface area (Å²) in [5, 5.41) is 1.65. The van der Waals surface area contributed by atoms with Gasteiger partial charge in [0.2, 0.25) is 0 Å². The summed E-state index contributed by atoms with van der Waals surface area (Å²) in [6.45, 7) is 7.72. The van der Waals surface area contributed by atoms with Crippen LogP contribution in [0, 0.1) is 0 Å². The lowest BCUT2D eigenvalue weighted by atomic mass is 10.2. The van der Waals surface area contributed by atoms with E-state index in [-0.39, 0.29) is 0 Å². The monoisotopic (exact) mass is 188 g/mol. The Bertz CT molecular complexity index is 339. The van der Waals surface area contributed by atoms with Gasteiger partial charge in [0.15, 0.2) is 0 Å². The molecular weight excluding hydrogens is 172 g/mol. The summed E-state index contributed by atoms with van der Waals surface area (Å²) in [4.78, 5) is 0. The molecule has 2 nitrogen and oxygen atoms in total. The standard InChI is InChI=1S/C12H16N2/c1-10(2)9-11(3)14(13)12-7-5-4-6-8-12/h4-9H,1,13H2,2-3H3/b11-9-. The van der Waals surface area contributed by atoms with Crippen LogP contribution in [0.2, 0.25) is 0 Å². The van der Waals surface area contributed by atoms with Gasteiger partial charge in [0, 0.05) is 5.70 Å². The minimum atomic E-state index is 0.975. The van der Waals surface area contributed by atoms with E-state index in [2.05, 4.69) is 6.58 Å². The Morgan fingerprint density at radius 3 is 2.36 bits per heavy atom. The molecule has 2 heteroatoms. The molecule has 0 saturated carbocycles. The minimum absolute atomic E-state index is 0.975. The predicted molar refractivity (Wildman–Crippen MR) is 61.7 cm³/mol. The van der Waals surface area contributed by atoms with Gasteiger partial charge in [0.25, 0.3) is 0 Å². The second-order valence-corrected chi connectivity index (χ2v) is 3.34. The maximum Gasteiger partial charge on any atom is 0.0571 e. The molecule has 0 aliphatic rings. The second-order valence-electron chi connectivity index (χ2n) is 3.34. The van der Waals surface area contributed by atoms with Gasteiger partial charge in [-0.25, -0.2) is 5.84 Å². The predicted octanol–water partition coefficient (Wildman–Crippen LogP) is 2.85. The van der Waals surface area contributed by atoms with Crippen LogP contribution in [-0.2, 0) is 0 Å². The molecule has 0 amide bonds. The number of nitrogens with two attached hydrogens (primary N) is 1. The average molecular weight is 188 g/mol. The molecule has 14 heavy (non-hydrogen) atoms. The number of hydrazine groups is 1. The highest BCUT2D eigenvalue weighted by atomic mass is 15.4. The van der Waals surface area contributed by atoms with Crippen LogP contribution in [-0.4, -0.2) is 0 Å². The Balaban J connectivity index is 2.86. The molecule has 0 heterocycles. The SMILES string of the molecule is C=C(C)/C=C(/C)N(N)c1ccccc1. The Labute approximate surface area is 85.3 Å². The van der Waals surface area contributed by atoms with Gasteiger partial charge in [0.1, 0.15) is 0 Å². The van der Waals surface area contributed by atoms with E-state index in [0.29, 0.717) is 0 Å². The van der Waals surface area contributed by atoms with Crippen LogP contribution in [0.4, 0.5) is 5.69 Å². The van der Waals surface area contributed by atoms with E-state index in [1.165, 1.54) is 0 Å². The summed E-state index contributed by atoms with van der Waals surface area (Å²) in [5.74, 6) is 5.91. The number of anilines is 1. The highest BCUT2D eigenvalue weighted by Crippen LogP contribution is 2.14. The number of para-hydroxylation sites is 1. The molecule has 1 rings (SSSR count). The lowest BCUT2D eigenvalue weighted by molar-refractivity contribution is 0.992. The zero-order valence-electron chi connectivity index (χ0n) is 8.70. The van der Waals surface area contributed by atoms with Crippen molar-refractivity contribution < 1.29 is 0 Å². The highest BCUT2D eigenvalue weighted by Gasteiger charge is 2.01. The van der Waals surface area contributed by atoms with Crippen molar-refractivity contribution in [2.75, 3.05) is 5.01 Å². The van der Waals surface area contributed by atoms with Crippen LogP contribution in [0.5, 0.6) is 0 Å². The second kappa shape index (κ2) is 4.63. The number of hydrogen-bond acceptors (Lipinski definition) is 2. The quantitative estimate of drug-likeness (QED) is 0.449. The van der Waals surface area contributed by atoms with E-state index in [1.807, 2.05) is 50.3 Å². The van der Waals surface area contributed by atoms with Crippen molar-refractivity contribution in [3.63, 3.8) is 0 Å². The molecule has 0 aliphatic carbocycles. The minimum Gasteiger partial charge on any atom is -0.284 e. The lowest BCUT2D eigenvalue weighted by Crippen LogP contribution is -2.28. The topological polar surface area (TPSA) is 29.3 Å². The van der Waals surface area contributed by atoms with Gasteiger partial charge in [-0.05, 0) is 32.1 Å². The molecule has 0 bridgehead atoms. The molecule has 2 N–H and O–H groups in total. The zero-order chi connectivity index (χ0) is 10.6. The fourth-order valence-electron chi connectivity index (χ4n) is 1.22. The van der Waals surface area contributed by atoms with E-state index in [0.717, 1.165) is 17.0 Å². The molecule has 0 atom stereocenters. The Morgan fingerprint density at radius 1 is 1.29 bits per heavy atom. The van der Waals surface area contributed by atoms with Gasteiger partial charge in [-0.1, -0.05) is 30.4 Å². The van der Waals surface area contributed by atoms with Crippen molar-refractivity contribution in [1.82, 2.24) is 0 Å². The van der Waals surface area contributed by atoms with Crippen LogP contribution in [0.25, 0.3) is 0 Å². The van der Waals surface area contributed by atoms with E-state index in [1.54, 1.807) is 5.01 Å². The van der Waals surface area contributed by atoms with Gasteiger partial charge < -0.3 is 0 Å². The summed E-state index contributed by atoms with van der Waals surface area (Å²) < 4.78 is 0. The normalized spacial score (nSPS) is 11.2. The van der Waals surface area contributed by atoms with Gasteiger partial charge >= 0.3 is 0 Å². The molecule has 0 saturated heterocycles. The molecule has 74 valence electrons. The fraction of sp³-hybridized carbons (Fsp3) is 0.167. The first-order valence-corrected chi connectivity index (χ1v) is 4.55. The summed E-state index contributed by atoms with van der Waals surface area (Å²) in [6, 6.07) is 9.83. The van der Waals surface area contributed by atoms with E-state index in [9.17, 15) is 0 Å². The number of benzene rings is 1. The molecule has 0 radical (unpaired) electrons.